The molecule has 0 saturated carbocycles. The first-order chi connectivity index (χ1) is 11.7. The molecule has 0 saturated heterocycles. The van der Waals surface area contributed by atoms with Crippen molar-refractivity contribution in [2.24, 2.45) is 0 Å². The number of aromatic amines is 2. The van der Waals surface area contributed by atoms with E-state index in [0.717, 1.165) is 34.1 Å². The molecule has 2 aromatic heterocycles. The van der Waals surface area contributed by atoms with E-state index < -0.39 is 5.97 Å². The quantitative estimate of drug-likeness (QED) is 0.514. The van der Waals surface area contributed by atoms with Crippen LogP contribution >= 0.6 is 0 Å². The fraction of sp³-hybridized carbons (Fsp3) is 0.150. The molecule has 0 bridgehead atoms. The average molecular weight is 318 g/mol. The Morgan fingerprint density at radius 1 is 0.958 bits per heavy atom. The maximum Gasteiger partial charge on any atom is 0.303 e. The number of rotatable bonds is 5. The Hall–Kier alpha value is -3.01. The summed E-state index contributed by atoms with van der Waals surface area (Å²) in [5, 5.41) is 11.4. The summed E-state index contributed by atoms with van der Waals surface area (Å²) in [4.78, 5) is 17.8. The fourth-order valence-electron chi connectivity index (χ4n) is 3.39. The summed E-state index contributed by atoms with van der Waals surface area (Å²) in [6.07, 6.45) is 3.48. The van der Waals surface area contributed by atoms with Crippen LogP contribution in [0.3, 0.4) is 0 Å². The number of aromatic nitrogens is 2. The summed E-state index contributed by atoms with van der Waals surface area (Å²) < 4.78 is 0. The lowest BCUT2D eigenvalue weighted by Gasteiger charge is -2.04. The summed E-state index contributed by atoms with van der Waals surface area (Å²) in [6.45, 7) is 0. The van der Waals surface area contributed by atoms with Crippen molar-refractivity contribution in [2.75, 3.05) is 0 Å². The summed E-state index contributed by atoms with van der Waals surface area (Å²) in [6, 6.07) is 16.3. The van der Waals surface area contributed by atoms with Crippen LogP contribution in [0.25, 0.3) is 21.8 Å². The second-order valence-electron chi connectivity index (χ2n) is 6.06. The molecule has 2 aromatic carbocycles. The Bertz CT molecular complexity index is 1030. The molecule has 4 rings (SSSR count). The van der Waals surface area contributed by atoms with Crippen molar-refractivity contribution >= 4 is 27.8 Å². The maximum atomic E-state index is 11.0. The Morgan fingerprint density at radius 2 is 1.67 bits per heavy atom. The molecule has 0 aliphatic heterocycles. The molecule has 4 nitrogen and oxygen atoms in total. The van der Waals surface area contributed by atoms with Crippen LogP contribution in [-0.2, 0) is 17.6 Å². The van der Waals surface area contributed by atoms with Crippen molar-refractivity contribution in [1.29, 1.82) is 0 Å². The van der Waals surface area contributed by atoms with Crippen molar-refractivity contribution in [3.8, 4) is 0 Å². The van der Waals surface area contributed by atoms with Gasteiger partial charge >= 0.3 is 5.97 Å². The minimum atomic E-state index is -0.765. The van der Waals surface area contributed by atoms with Gasteiger partial charge in [0.25, 0.3) is 0 Å². The van der Waals surface area contributed by atoms with Crippen LogP contribution in [0, 0.1) is 0 Å². The van der Waals surface area contributed by atoms with Gasteiger partial charge in [-0.1, -0.05) is 36.4 Å². The molecule has 4 aromatic rings. The number of carboxylic acid groups (broad SMARTS) is 1. The van der Waals surface area contributed by atoms with Gasteiger partial charge in [-0.3, -0.25) is 4.79 Å². The molecular formula is C20H18N2O2. The largest absolute Gasteiger partial charge is 0.481 e. The Morgan fingerprint density at radius 3 is 2.46 bits per heavy atom. The van der Waals surface area contributed by atoms with E-state index in [1.807, 2.05) is 36.5 Å². The third kappa shape index (κ3) is 2.56. The number of aliphatic carboxylic acids is 1. The van der Waals surface area contributed by atoms with Crippen LogP contribution in [0.4, 0.5) is 0 Å². The Kier molecular flexibility index (Phi) is 3.58. The zero-order chi connectivity index (χ0) is 16.5. The van der Waals surface area contributed by atoms with Gasteiger partial charge in [-0.05, 0) is 29.7 Å². The highest BCUT2D eigenvalue weighted by molar-refractivity contribution is 5.87. The monoisotopic (exact) mass is 318 g/mol. The molecule has 0 spiro atoms. The third-order valence-corrected chi connectivity index (χ3v) is 4.53. The molecule has 0 aliphatic rings. The van der Waals surface area contributed by atoms with Crippen LogP contribution < -0.4 is 0 Å². The summed E-state index contributed by atoms with van der Waals surface area (Å²) >= 11 is 0. The van der Waals surface area contributed by atoms with E-state index in [1.165, 1.54) is 10.9 Å². The number of carbonyl (C=O) groups is 1. The first-order valence-electron chi connectivity index (χ1n) is 8.07. The highest BCUT2D eigenvalue weighted by Gasteiger charge is 2.14. The zero-order valence-corrected chi connectivity index (χ0v) is 13.2. The van der Waals surface area contributed by atoms with Crippen LogP contribution in [0.15, 0.2) is 54.7 Å². The van der Waals surface area contributed by atoms with Crippen LogP contribution in [0.2, 0.25) is 0 Å². The van der Waals surface area contributed by atoms with Gasteiger partial charge in [-0.15, -0.1) is 0 Å². The molecule has 24 heavy (non-hydrogen) atoms. The standard InChI is InChI=1S/C20H18N2O2/c23-20(24)10-9-16-15-6-2-4-8-18(15)22-19(16)11-13-12-21-17-7-3-1-5-14(13)17/h1-8,12,21-22H,9-11H2,(H,23,24). The van der Waals surface area contributed by atoms with E-state index in [9.17, 15) is 4.79 Å². The molecule has 0 radical (unpaired) electrons. The highest BCUT2D eigenvalue weighted by atomic mass is 16.4. The SMILES string of the molecule is O=C(O)CCc1c(Cc2c[nH]c3ccccc23)[nH]c2ccccc12. The summed E-state index contributed by atoms with van der Waals surface area (Å²) in [7, 11) is 0. The smallest absolute Gasteiger partial charge is 0.303 e. The van der Waals surface area contributed by atoms with Crippen molar-refractivity contribution in [1.82, 2.24) is 9.97 Å². The number of benzene rings is 2. The molecule has 2 heterocycles. The van der Waals surface area contributed by atoms with Gasteiger partial charge in [0.2, 0.25) is 0 Å². The van der Waals surface area contributed by atoms with Crippen LogP contribution in [-0.4, -0.2) is 21.0 Å². The molecule has 0 aliphatic carbocycles. The number of hydrogen-bond acceptors (Lipinski definition) is 1. The van der Waals surface area contributed by atoms with Gasteiger partial charge in [0.15, 0.2) is 0 Å². The van der Waals surface area contributed by atoms with E-state index >= 15 is 0 Å². The average Bonchev–Trinajstić information content (AvgIpc) is 3.15. The summed E-state index contributed by atoms with van der Waals surface area (Å²) in [5.41, 5.74) is 5.61. The maximum absolute atomic E-state index is 11.0. The lowest BCUT2D eigenvalue weighted by molar-refractivity contribution is -0.136. The molecule has 0 atom stereocenters. The molecule has 3 N–H and O–H groups in total. The minimum Gasteiger partial charge on any atom is -0.481 e. The number of nitrogens with one attached hydrogen (secondary N) is 2. The predicted octanol–water partition coefficient (Wildman–Crippen LogP) is 4.26. The number of para-hydroxylation sites is 2. The second kappa shape index (κ2) is 5.89. The first kappa shape index (κ1) is 14.6. The molecular weight excluding hydrogens is 300 g/mol. The first-order valence-corrected chi connectivity index (χ1v) is 8.07. The summed E-state index contributed by atoms with van der Waals surface area (Å²) in [5.74, 6) is -0.765. The fourth-order valence-corrected chi connectivity index (χ4v) is 3.39. The van der Waals surface area contributed by atoms with Crippen molar-refractivity contribution < 1.29 is 9.90 Å². The van der Waals surface area contributed by atoms with E-state index in [2.05, 4.69) is 28.2 Å². The van der Waals surface area contributed by atoms with Crippen LogP contribution in [0.1, 0.15) is 23.2 Å². The van der Waals surface area contributed by atoms with Gasteiger partial charge < -0.3 is 15.1 Å². The second-order valence-corrected chi connectivity index (χ2v) is 6.06. The van der Waals surface area contributed by atoms with Gasteiger partial charge in [0.05, 0.1) is 0 Å². The van der Waals surface area contributed by atoms with Gasteiger partial charge in [-0.25, -0.2) is 0 Å². The van der Waals surface area contributed by atoms with Gasteiger partial charge in [0, 0.05) is 46.5 Å². The van der Waals surface area contributed by atoms with E-state index in [1.54, 1.807) is 0 Å². The van der Waals surface area contributed by atoms with Gasteiger partial charge in [0.1, 0.15) is 0 Å². The van der Waals surface area contributed by atoms with E-state index in [0.29, 0.717) is 6.42 Å². The van der Waals surface area contributed by atoms with Gasteiger partial charge in [-0.2, -0.15) is 0 Å². The predicted molar refractivity (Wildman–Crippen MR) is 95.4 cm³/mol. The lowest BCUT2D eigenvalue weighted by Crippen LogP contribution is -2.00. The van der Waals surface area contributed by atoms with Crippen molar-refractivity contribution in [3.63, 3.8) is 0 Å². The number of carboxylic acids is 1. The normalized spacial score (nSPS) is 11.3. The Labute approximate surface area is 139 Å². The van der Waals surface area contributed by atoms with Crippen molar-refractivity contribution in [2.45, 2.75) is 19.3 Å². The molecule has 4 heteroatoms. The Balaban J connectivity index is 1.77. The molecule has 0 amide bonds. The lowest BCUT2D eigenvalue weighted by atomic mass is 10.0. The topological polar surface area (TPSA) is 68.9 Å². The number of aryl methyl sites for hydroxylation is 1. The zero-order valence-electron chi connectivity index (χ0n) is 13.2. The van der Waals surface area contributed by atoms with Crippen molar-refractivity contribution in [3.05, 3.63) is 71.5 Å². The molecule has 0 unspecified atom stereocenters. The number of fused-ring (bicyclic) bond motifs is 2. The van der Waals surface area contributed by atoms with Crippen LogP contribution in [0.5, 0.6) is 0 Å². The molecule has 120 valence electrons. The highest BCUT2D eigenvalue weighted by Crippen LogP contribution is 2.28. The number of H-pyrrole nitrogens is 2. The van der Waals surface area contributed by atoms with E-state index in [-0.39, 0.29) is 6.42 Å². The molecule has 0 fully saturated rings. The minimum absolute atomic E-state index is 0.142. The van der Waals surface area contributed by atoms with E-state index in [4.69, 9.17) is 5.11 Å². The number of hydrogen-bond donors (Lipinski definition) is 3. The third-order valence-electron chi connectivity index (χ3n) is 4.53.